The highest BCUT2D eigenvalue weighted by Crippen LogP contribution is 2.24. The molecule has 0 radical (unpaired) electrons. The van der Waals surface area contributed by atoms with Crippen LogP contribution in [0.5, 0.6) is 0 Å². The average molecular weight is 360 g/mol. The van der Waals surface area contributed by atoms with Crippen LogP contribution in [0.15, 0.2) is 54.7 Å². The summed E-state index contributed by atoms with van der Waals surface area (Å²) in [6, 6.07) is 15.9. The van der Waals surface area contributed by atoms with Crippen molar-refractivity contribution < 1.29 is 4.79 Å². The highest BCUT2D eigenvalue weighted by molar-refractivity contribution is 5.89. The van der Waals surface area contributed by atoms with E-state index in [1.54, 1.807) is 6.20 Å². The van der Waals surface area contributed by atoms with Gasteiger partial charge in [0, 0.05) is 31.4 Å². The summed E-state index contributed by atoms with van der Waals surface area (Å²) < 4.78 is 0. The first-order valence-corrected chi connectivity index (χ1v) is 8.83. The third-order valence-corrected chi connectivity index (χ3v) is 4.44. The second-order valence-corrected chi connectivity index (χ2v) is 6.47. The lowest BCUT2D eigenvalue weighted by molar-refractivity contribution is -0.114. The van der Waals surface area contributed by atoms with Crippen LogP contribution in [0.1, 0.15) is 18.1 Å². The quantitative estimate of drug-likeness (QED) is 0.744. The van der Waals surface area contributed by atoms with Crippen LogP contribution in [0.2, 0.25) is 0 Å². The zero-order valence-corrected chi connectivity index (χ0v) is 15.0. The van der Waals surface area contributed by atoms with Crippen LogP contribution in [0.4, 0.5) is 23.1 Å². The van der Waals surface area contributed by atoms with Crippen LogP contribution in [-0.4, -0.2) is 27.6 Å². The molecule has 0 bridgehead atoms. The van der Waals surface area contributed by atoms with Crippen LogP contribution in [-0.2, 0) is 17.8 Å². The van der Waals surface area contributed by atoms with E-state index in [4.69, 9.17) is 0 Å². The van der Waals surface area contributed by atoms with Crippen molar-refractivity contribution in [2.45, 2.75) is 19.9 Å². The van der Waals surface area contributed by atoms with E-state index >= 15 is 0 Å². The predicted molar refractivity (Wildman–Crippen MR) is 105 cm³/mol. The van der Waals surface area contributed by atoms with Gasteiger partial charge in [-0.2, -0.15) is 10.1 Å². The van der Waals surface area contributed by atoms with E-state index in [0.717, 1.165) is 31.0 Å². The highest BCUT2D eigenvalue weighted by atomic mass is 16.1. The molecule has 1 aliphatic heterocycles. The van der Waals surface area contributed by atoms with Crippen LogP contribution in [0.25, 0.3) is 0 Å². The lowest BCUT2D eigenvalue weighted by Crippen LogP contribution is -2.31. The second-order valence-electron chi connectivity index (χ2n) is 6.47. The van der Waals surface area contributed by atoms with Crippen molar-refractivity contribution in [1.82, 2.24) is 15.2 Å². The minimum absolute atomic E-state index is 0.113. The van der Waals surface area contributed by atoms with E-state index in [2.05, 4.69) is 55.0 Å². The molecule has 1 aliphatic rings. The topological polar surface area (TPSA) is 83.0 Å². The van der Waals surface area contributed by atoms with Crippen molar-refractivity contribution in [1.29, 1.82) is 0 Å². The van der Waals surface area contributed by atoms with Crippen molar-refractivity contribution in [3.05, 3.63) is 65.9 Å². The van der Waals surface area contributed by atoms with Gasteiger partial charge < -0.3 is 15.5 Å². The molecule has 136 valence electrons. The lowest BCUT2D eigenvalue weighted by Gasteiger charge is -2.29. The molecule has 7 nitrogen and oxygen atoms in total. The SMILES string of the molecule is CC(=O)Nc1cccc(Nc2nncc(N3CCc4ccccc4C3)n2)c1. The van der Waals surface area contributed by atoms with Gasteiger partial charge in [0.15, 0.2) is 5.82 Å². The van der Waals surface area contributed by atoms with Gasteiger partial charge in [-0.15, -0.1) is 5.10 Å². The zero-order valence-electron chi connectivity index (χ0n) is 15.0. The van der Waals surface area contributed by atoms with E-state index in [1.165, 1.54) is 18.1 Å². The molecular weight excluding hydrogens is 340 g/mol. The number of hydrogen-bond acceptors (Lipinski definition) is 6. The molecule has 0 spiro atoms. The van der Waals surface area contributed by atoms with Gasteiger partial charge in [-0.1, -0.05) is 30.3 Å². The van der Waals surface area contributed by atoms with Crippen molar-refractivity contribution in [2.75, 3.05) is 22.1 Å². The number of hydrogen-bond donors (Lipinski definition) is 2. The monoisotopic (exact) mass is 360 g/mol. The Morgan fingerprint density at radius 1 is 1.07 bits per heavy atom. The number of nitrogens with one attached hydrogen (secondary N) is 2. The molecule has 2 aromatic carbocycles. The van der Waals surface area contributed by atoms with Crippen molar-refractivity contribution >= 4 is 29.0 Å². The first kappa shape index (κ1) is 17.0. The molecule has 0 unspecified atom stereocenters. The molecule has 1 amide bonds. The summed E-state index contributed by atoms with van der Waals surface area (Å²) in [4.78, 5) is 18.0. The molecule has 0 fully saturated rings. The van der Waals surface area contributed by atoms with E-state index in [1.807, 2.05) is 24.3 Å². The summed E-state index contributed by atoms with van der Waals surface area (Å²) >= 11 is 0. The molecular formula is C20H20N6O. The average Bonchev–Trinajstić information content (AvgIpc) is 2.67. The number of rotatable bonds is 4. The predicted octanol–water partition coefficient (Wildman–Crippen LogP) is 3.14. The molecule has 0 saturated heterocycles. The van der Waals surface area contributed by atoms with Gasteiger partial charge in [-0.3, -0.25) is 4.79 Å². The van der Waals surface area contributed by atoms with Crippen LogP contribution >= 0.6 is 0 Å². The van der Waals surface area contributed by atoms with Crippen molar-refractivity contribution in [3.8, 4) is 0 Å². The molecule has 27 heavy (non-hydrogen) atoms. The summed E-state index contributed by atoms with van der Waals surface area (Å²) in [7, 11) is 0. The maximum Gasteiger partial charge on any atom is 0.249 e. The van der Waals surface area contributed by atoms with Gasteiger partial charge in [-0.05, 0) is 35.7 Å². The molecule has 7 heteroatoms. The fourth-order valence-corrected chi connectivity index (χ4v) is 3.20. The fourth-order valence-electron chi connectivity index (χ4n) is 3.20. The molecule has 3 aromatic rings. The van der Waals surface area contributed by atoms with Crippen LogP contribution in [0.3, 0.4) is 0 Å². The number of carbonyl (C=O) groups is 1. The minimum Gasteiger partial charge on any atom is -0.350 e. The van der Waals surface area contributed by atoms with Crippen molar-refractivity contribution in [3.63, 3.8) is 0 Å². The van der Waals surface area contributed by atoms with Gasteiger partial charge in [0.05, 0.1) is 6.20 Å². The number of aromatic nitrogens is 3. The first-order chi connectivity index (χ1) is 13.2. The standard InChI is InChI=1S/C20H20N6O/c1-14(27)22-17-7-4-8-18(11-17)23-20-24-19(12-21-25-20)26-10-9-15-5-2-3-6-16(15)13-26/h2-8,11-12H,9-10,13H2,1H3,(H,22,27)(H,23,24,25). The summed E-state index contributed by atoms with van der Waals surface area (Å²) in [5.74, 6) is 1.10. The fraction of sp³-hybridized carbons (Fsp3) is 0.200. The van der Waals surface area contributed by atoms with Gasteiger partial charge in [-0.25, -0.2) is 0 Å². The molecule has 0 atom stereocenters. The van der Waals surface area contributed by atoms with Gasteiger partial charge >= 0.3 is 0 Å². The minimum atomic E-state index is -0.113. The summed E-state index contributed by atoms with van der Waals surface area (Å²) in [5.41, 5.74) is 4.21. The normalized spacial score (nSPS) is 13.0. The lowest BCUT2D eigenvalue weighted by atomic mass is 10.0. The summed E-state index contributed by atoms with van der Waals surface area (Å²) in [6.45, 7) is 3.19. The van der Waals surface area contributed by atoms with Gasteiger partial charge in [0.25, 0.3) is 0 Å². The zero-order chi connectivity index (χ0) is 18.6. The number of amides is 1. The summed E-state index contributed by atoms with van der Waals surface area (Å²) in [6.07, 6.45) is 2.68. The van der Waals surface area contributed by atoms with Gasteiger partial charge in [0.1, 0.15) is 0 Å². The third kappa shape index (κ3) is 4.03. The van der Waals surface area contributed by atoms with E-state index in [-0.39, 0.29) is 5.91 Å². The van der Waals surface area contributed by atoms with Gasteiger partial charge in [0.2, 0.25) is 11.9 Å². The maximum absolute atomic E-state index is 11.2. The Hall–Kier alpha value is -3.48. The number of carbonyl (C=O) groups excluding carboxylic acids is 1. The first-order valence-electron chi connectivity index (χ1n) is 8.83. The smallest absolute Gasteiger partial charge is 0.249 e. The van der Waals surface area contributed by atoms with E-state index in [0.29, 0.717) is 11.6 Å². The molecule has 0 saturated carbocycles. The molecule has 1 aromatic heterocycles. The summed E-state index contributed by atoms with van der Waals surface area (Å²) in [5, 5.41) is 14.1. The number of anilines is 4. The Labute approximate surface area is 157 Å². The van der Waals surface area contributed by atoms with E-state index in [9.17, 15) is 4.79 Å². The number of benzene rings is 2. The highest BCUT2D eigenvalue weighted by Gasteiger charge is 2.18. The van der Waals surface area contributed by atoms with Crippen molar-refractivity contribution in [2.24, 2.45) is 0 Å². The largest absolute Gasteiger partial charge is 0.350 e. The Kier molecular flexibility index (Phi) is 4.65. The molecule has 0 aliphatic carbocycles. The Morgan fingerprint density at radius 3 is 2.74 bits per heavy atom. The Balaban J connectivity index is 1.51. The van der Waals surface area contributed by atoms with Crippen LogP contribution < -0.4 is 15.5 Å². The van der Waals surface area contributed by atoms with Crippen LogP contribution in [0, 0.1) is 0 Å². The maximum atomic E-state index is 11.2. The third-order valence-electron chi connectivity index (χ3n) is 4.44. The molecule has 2 heterocycles. The number of nitrogens with zero attached hydrogens (tertiary/aromatic N) is 4. The Bertz CT molecular complexity index is 974. The second kappa shape index (κ2) is 7.41. The van der Waals surface area contributed by atoms with E-state index < -0.39 is 0 Å². The number of fused-ring (bicyclic) bond motifs is 1. The molecule has 4 rings (SSSR count). The Morgan fingerprint density at radius 2 is 1.89 bits per heavy atom. The molecule has 2 N–H and O–H groups in total.